The van der Waals surface area contributed by atoms with Gasteiger partial charge in [-0.3, -0.25) is 0 Å². The largest absolute Gasteiger partial charge is 0.478 e. The molecule has 0 aromatic carbocycles. The second kappa shape index (κ2) is 9.45. The van der Waals surface area contributed by atoms with E-state index in [0.29, 0.717) is 5.57 Å². The fraction of sp³-hybridized carbons (Fsp3) is 0.550. The van der Waals surface area contributed by atoms with Crippen molar-refractivity contribution in [3.8, 4) is 0 Å². The van der Waals surface area contributed by atoms with Gasteiger partial charge in [0, 0.05) is 5.57 Å². The average molecular weight is 302 g/mol. The summed E-state index contributed by atoms with van der Waals surface area (Å²) in [5, 5.41) is 9.22. The fourth-order valence-corrected chi connectivity index (χ4v) is 2.75. The van der Waals surface area contributed by atoms with Crippen LogP contribution in [0, 0.1) is 5.92 Å². The lowest BCUT2D eigenvalue weighted by Gasteiger charge is -2.16. The number of hydrogen-bond acceptors (Lipinski definition) is 1. The molecular weight excluding hydrogens is 272 g/mol. The highest BCUT2D eigenvalue weighted by Gasteiger charge is 2.17. The third-order valence-electron chi connectivity index (χ3n) is 4.47. The third kappa shape index (κ3) is 6.93. The van der Waals surface area contributed by atoms with E-state index in [4.69, 9.17) is 0 Å². The Kier molecular flexibility index (Phi) is 7.94. The lowest BCUT2D eigenvalue weighted by Crippen LogP contribution is -2.11. The third-order valence-corrected chi connectivity index (χ3v) is 4.47. The molecule has 0 aliphatic heterocycles. The van der Waals surface area contributed by atoms with E-state index >= 15 is 0 Å². The molecule has 2 nitrogen and oxygen atoms in total. The summed E-state index contributed by atoms with van der Waals surface area (Å²) in [7, 11) is 0. The summed E-state index contributed by atoms with van der Waals surface area (Å²) in [5.41, 5.74) is 4.51. The van der Waals surface area contributed by atoms with Gasteiger partial charge in [0.1, 0.15) is 0 Å². The summed E-state index contributed by atoms with van der Waals surface area (Å²) in [6.45, 7) is 10.3. The molecule has 1 rings (SSSR count). The molecule has 0 saturated heterocycles. The van der Waals surface area contributed by atoms with Gasteiger partial charge in [0.25, 0.3) is 0 Å². The second-order valence-electron chi connectivity index (χ2n) is 6.53. The standard InChI is InChI=1S/C20H30O2/c1-15-7-5-9-16(2)11-13-19(18(4)20(21)22)14-12-17(3)10-6-8-15/h7,10-11,19H,4-6,8-9,12-14H2,1-3H3,(H,21,22)/b15-7-,16-11-,17-10-/t19-/m0/s1. The van der Waals surface area contributed by atoms with Crippen LogP contribution in [-0.4, -0.2) is 11.1 Å². The van der Waals surface area contributed by atoms with Gasteiger partial charge in [0.05, 0.1) is 0 Å². The summed E-state index contributed by atoms with van der Waals surface area (Å²) < 4.78 is 0. The molecule has 1 atom stereocenters. The van der Waals surface area contributed by atoms with Crippen LogP contribution in [0.1, 0.15) is 65.7 Å². The van der Waals surface area contributed by atoms with Crippen molar-refractivity contribution in [2.75, 3.05) is 0 Å². The number of carboxylic acids is 1. The molecule has 0 saturated carbocycles. The Morgan fingerprint density at radius 2 is 1.50 bits per heavy atom. The van der Waals surface area contributed by atoms with Gasteiger partial charge in [0.15, 0.2) is 0 Å². The number of carbonyl (C=O) groups is 1. The Hall–Kier alpha value is -1.57. The second-order valence-corrected chi connectivity index (χ2v) is 6.53. The van der Waals surface area contributed by atoms with Crippen molar-refractivity contribution < 1.29 is 9.90 Å². The highest BCUT2D eigenvalue weighted by Crippen LogP contribution is 2.25. The molecule has 122 valence electrons. The van der Waals surface area contributed by atoms with E-state index in [0.717, 1.165) is 44.9 Å². The van der Waals surface area contributed by atoms with E-state index in [1.807, 2.05) is 0 Å². The predicted molar refractivity (Wildman–Crippen MR) is 93.9 cm³/mol. The predicted octanol–water partition coefficient (Wildman–Crippen LogP) is 5.83. The Morgan fingerprint density at radius 3 is 2.05 bits per heavy atom. The maximum absolute atomic E-state index is 11.2. The molecule has 22 heavy (non-hydrogen) atoms. The molecule has 0 radical (unpaired) electrons. The van der Waals surface area contributed by atoms with Crippen molar-refractivity contribution >= 4 is 5.97 Å². The zero-order valence-corrected chi connectivity index (χ0v) is 14.3. The van der Waals surface area contributed by atoms with Crippen molar-refractivity contribution in [3.63, 3.8) is 0 Å². The first kappa shape index (κ1) is 18.5. The Bertz CT molecular complexity index is 492. The van der Waals surface area contributed by atoms with Gasteiger partial charge < -0.3 is 5.11 Å². The first-order valence-electron chi connectivity index (χ1n) is 8.29. The van der Waals surface area contributed by atoms with Crippen molar-refractivity contribution in [2.24, 2.45) is 5.92 Å². The summed E-state index contributed by atoms with van der Waals surface area (Å²) in [4.78, 5) is 11.2. The molecule has 0 amide bonds. The van der Waals surface area contributed by atoms with Crippen LogP contribution in [0.5, 0.6) is 0 Å². The minimum Gasteiger partial charge on any atom is -0.478 e. The summed E-state index contributed by atoms with van der Waals surface area (Å²) in [5.74, 6) is -0.826. The smallest absolute Gasteiger partial charge is 0.331 e. The van der Waals surface area contributed by atoms with Crippen LogP contribution >= 0.6 is 0 Å². The van der Waals surface area contributed by atoms with Crippen molar-refractivity contribution in [1.29, 1.82) is 0 Å². The van der Waals surface area contributed by atoms with Crippen LogP contribution in [0.3, 0.4) is 0 Å². The van der Waals surface area contributed by atoms with E-state index in [2.05, 4.69) is 45.6 Å². The van der Waals surface area contributed by atoms with Crippen molar-refractivity contribution in [1.82, 2.24) is 0 Å². The summed E-state index contributed by atoms with van der Waals surface area (Å²) in [6, 6.07) is 0. The monoisotopic (exact) mass is 302 g/mol. The highest BCUT2D eigenvalue weighted by molar-refractivity contribution is 5.86. The minimum absolute atomic E-state index is 0.0380. The Morgan fingerprint density at radius 1 is 1.00 bits per heavy atom. The zero-order valence-electron chi connectivity index (χ0n) is 14.3. The molecule has 0 heterocycles. The van der Waals surface area contributed by atoms with Crippen LogP contribution in [0.2, 0.25) is 0 Å². The number of aliphatic carboxylic acids is 1. The topological polar surface area (TPSA) is 37.3 Å². The molecule has 0 aromatic heterocycles. The number of hydrogen-bond donors (Lipinski definition) is 1. The fourth-order valence-electron chi connectivity index (χ4n) is 2.75. The maximum Gasteiger partial charge on any atom is 0.331 e. The van der Waals surface area contributed by atoms with Gasteiger partial charge in [-0.15, -0.1) is 0 Å². The van der Waals surface area contributed by atoms with Gasteiger partial charge in [-0.2, -0.15) is 0 Å². The molecule has 0 unspecified atom stereocenters. The Balaban J connectivity index is 2.87. The lowest BCUT2D eigenvalue weighted by molar-refractivity contribution is -0.133. The highest BCUT2D eigenvalue weighted by atomic mass is 16.4. The molecule has 1 N–H and O–H groups in total. The van der Waals surface area contributed by atoms with Crippen molar-refractivity contribution in [2.45, 2.75) is 65.7 Å². The molecule has 0 aromatic rings. The minimum atomic E-state index is -0.864. The van der Waals surface area contributed by atoms with Gasteiger partial charge in [0.2, 0.25) is 0 Å². The Labute approximate surface area is 135 Å². The van der Waals surface area contributed by atoms with Gasteiger partial charge in [-0.25, -0.2) is 4.79 Å². The quantitative estimate of drug-likeness (QED) is 0.515. The average Bonchev–Trinajstić information content (AvgIpc) is 2.45. The van der Waals surface area contributed by atoms with Gasteiger partial charge >= 0.3 is 5.97 Å². The van der Waals surface area contributed by atoms with Gasteiger partial charge in [-0.1, -0.05) is 41.5 Å². The van der Waals surface area contributed by atoms with Crippen LogP contribution < -0.4 is 0 Å². The lowest BCUT2D eigenvalue weighted by atomic mass is 9.89. The van der Waals surface area contributed by atoms with Crippen LogP contribution in [0.25, 0.3) is 0 Å². The first-order chi connectivity index (χ1) is 10.4. The van der Waals surface area contributed by atoms with Crippen LogP contribution in [0.15, 0.2) is 47.1 Å². The molecule has 0 fully saturated rings. The van der Waals surface area contributed by atoms with E-state index in [-0.39, 0.29) is 5.92 Å². The number of rotatable bonds is 2. The van der Waals surface area contributed by atoms with Crippen molar-refractivity contribution in [3.05, 3.63) is 47.1 Å². The zero-order chi connectivity index (χ0) is 16.5. The number of carboxylic acid groups (broad SMARTS) is 1. The van der Waals surface area contributed by atoms with Crippen LogP contribution in [-0.2, 0) is 4.79 Å². The van der Waals surface area contributed by atoms with Gasteiger partial charge in [-0.05, 0) is 71.6 Å². The molecule has 0 spiro atoms. The van der Waals surface area contributed by atoms with E-state index in [9.17, 15) is 9.90 Å². The molecule has 0 bridgehead atoms. The summed E-state index contributed by atoms with van der Waals surface area (Å²) >= 11 is 0. The maximum atomic E-state index is 11.2. The molecule has 1 aliphatic carbocycles. The van der Waals surface area contributed by atoms with E-state index < -0.39 is 5.97 Å². The normalized spacial score (nSPS) is 29.0. The first-order valence-corrected chi connectivity index (χ1v) is 8.29. The van der Waals surface area contributed by atoms with Crippen LogP contribution in [0.4, 0.5) is 0 Å². The van der Waals surface area contributed by atoms with E-state index in [1.54, 1.807) is 0 Å². The number of allylic oxidation sites excluding steroid dienone is 6. The molecule has 2 heteroatoms. The molecule has 1 aliphatic rings. The van der Waals surface area contributed by atoms with E-state index in [1.165, 1.54) is 16.7 Å². The SMILES string of the molecule is C=C(C(=O)O)[C@H]1C/C=C(/C)CC/C=C(/C)CC/C=C(/C)CC1. The summed E-state index contributed by atoms with van der Waals surface area (Å²) in [6.07, 6.45) is 13.8. The molecular formula is C20H30O2.